The number of carbonyl (C=O) groups is 1. The molecule has 0 radical (unpaired) electrons. The zero-order valence-corrected chi connectivity index (χ0v) is 14.6. The summed E-state index contributed by atoms with van der Waals surface area (Å²) in [6.45, 7) is 3.93. The second-order valence-corrected chi connectivity index (χ2v) is 6.00. The van der Waals surface area contributed by atoms with Crippen LogP contribution in [0.15, 0.2) is 48.7 Å². The minimum absolute atomic E-state index is 0.214. The van der Waals surface area contributed by atoms with E-state index in [9.17, 15) is 4.79 Å². The lowest BCUT2D eigenvalue weighted by atomic mass is 9.98. The van der Waals surface area contributed by atoms with Gasteiger partial charge in [0.2, 0.25) is 0 Å². The Bertz CT molecular complexity index is 1140. The van der Waals surface area contributed by atoms with Gasteiger partial charge in [-0.15, -0.1) is 0 Å². The fourth-order valence-electron chi connectivity index (χ4n) is 3.23. The van der Waals surface area contributed by atoms with E-state index in [1.54, 1.807) is 6.92 Å². The largest absolute Gasteiger partial charge is 0.462 e. The highest BCUT2D eigenvalue weighted by atomic mass is 16.5. The molecule has 0 spiro atoms. The Balaban J connectivity index is 1.98. The molecule has 0 aliphatic carbocycles. The van der Waals surface area contributed by atoms with E-state index in [-0.39, 0.29) is 18.0 Å². The Morgan fingerprint density at radius 2 is 1.96 bits per heavy atom. The van der Waals surface area contributed by atoms with E-state index in [1.165, 1.54) is 10.7 Å². The number of nitrogens with zero attached hydrogens (tertiary/aromatic N) is 3. The molecule has 6 heteroatoms. The Labute approximate surface area is 150 Å². The minimum atomic E-state index is -0.501. The number of hydrogen-bond donors (Lipinski definition) is 1. The van der Waals surface area contributed by atoms with Crippen LogP contribution in [0.2, 0.25) is 0 Å². The third-order valence-corrected chi connectivity index (χ3v) is 4.41. The quantitative estimate of drug-likeness (QED) is 0.573. The number of ether oxygens (including phenoxy) is 1. The number of aromatic nitrogens is 3. The van der Waals surface area contributed by atoms with E-state index >= 15 is 0 Å². The van der Waals surface area contributed by atoms with Gasteiger partial charge in [0.05, 0.1) is 17.9 Å². The Kier molecular flexibility index (Phi) is 3.80. The zero-order valence-electron chi connectivity index (χ0n) is 14.6. The van der Waals surface area contributed by atoms with Crippen LogP contribution >= 0.6 is 0 Å². The van der Waals surface area contributed by atoms with Crippen molar-refractivity contribution in [2.75, 3.05) is 12.3 Å². The number of aryl methyl sites for hydroxylation is 1. The highest BCUT2D eigenvalue weighted by Crippen LogP contribution is 2.34. The van der Waals surface area contributed by atoms with Crippen molar-refractivity contribution in [3.05, 3.63) is 59.9 Å². The van der Waals surface area contributed by atoms with Gasteiger partial charge < -0.3 is 10.5 Å². The molecule has 2 aromatic heterocycles. The fraction of sp³-hybridized carbons (Fsp3) is 0.150. The summed E-state index contributed by atoms with van der Waals surface area (Å²) in [5, 5.41) is 6.77. The maximum Gasteiger partial charge on any atom is 0.343 e. The van der Waals surface area contributed by atoms with Gasteiger partial charge in [0.15, 0.2) is 5.65 Å². The van der Waals surface area contributed by atoms with Crippen LogP contribution in [0.3, 0.4) is 0 Å². The molecule has 2 aromatic carbocycles. The van der Waals surface area contributed by atoms with Gasteiger partial charge in [0, 0.05) is 6.20 Å². The molecule has 0 amide bonds. The molecule has 4 aromatic rings. The molecule has 0 saturated carbocycles. The number of hydrogen-bond acceptors (Lipinski definition) is 5. The van der Waals surface area contributed by atoms with Crippen LogP contribution in [-0.4, -0.2) is 27.2 Å². The van der Waals surface area contributed by atoms with Gasteiger partial charge in [-0.1, -0.05) is 42.5 Å². The van der Waals surface area contributed by atoms with Gasteiger partial charge in [0.1, 0.15) is 11.4 Å². The van der Waals surface area contributed by atoms with Crippen LogP contribution in [0.1, 0.15) is 23.0 Å². The molecule has 4 rings (SSSR count). The van der Waals surface area contributed by atoms with E-state index in [1.807, 2.05) is 31.2 Å². The number of fused-ring (bicyclic) bond motifs is 2. The number of esters is 1. The van der Waals surface area contributed by atoms with Crippen molar-refractivity contribution in [3.63, 3.8) is 0 Å². The summed E-state index contributed by atoms with van der Waals surface area (Å²) < 4.78 is 6.55. The first-order valence-corrected chi connectivity index (χ1v) is 8.41. The first kappa shape index (κ1) is 16.1. The topological polar surface area (TPSA) is 82.5 Å². The lowest BCUT2D eigenvalue weighted by Gasteiger charge is -2.08. The fourth-order valence-corrected chi connectivity index (χ4v) is 3.23. The van der Waals surface area contributed by atoms with E-state index in [2.05, 4.69) is 28.3 Å². The molecule has 0 unspecified atom stereocenters. The van der Waals surface area contributed by atoms with Crippen LogP contribution in [0, 0.1) is 6.92 Å². The van der Waals surface area contributed by atoms with Gasteiger partial charge in [-0.25, -0.2) is 9.78 Å². The predicted molar refractivity (Wildman–Crippen MR) is 101 cm³/mol. The summed E-state index contributed by atoms with van der Waals surface area (Å²) in [4.78, 5) is 16.5. The lowest BCUT2D eigenvalue weighted by molar-refractivity contribution is 0.0526. The molecule has 130 valence electrons. The van der Waals surface area contributed by atoms with Gasteiger partial charge in [-0.3, -0.25) is 0 Å². The van der Waals surface area contributed by atoms with Gasteiger partial charge in [-0.05, 0) is 30.2 Å². The van der Waals surface area contributed by atoms with Crippen molar-refractivity contribution in [1.82, 2.24) is 14.6 Å². The number of nitrogens with two attached hydrogens (primary N) is 1. The van der Waals surface area contributed by atoms with Crippen molar-refractivity contribution in [1.29, 1.82) is 0 Å². The second kappa shape index (κ2) is 6.15. The maximum absolute atomic E-state index is 12.1. The maximum atomic E-state index is 12.1. The van der Waals surface area contributed by atoms with E-state index < -0.39 is 5.97 Å². The zero-order chi connectivity index (χ0) is 18.3. The van der Waals surface area contributed by atoms with Crippen molar-refractivity contribution < 1.29 is 9.53 Å². The van der Waals surface area contributed by atoms with Gasteiger partial charge >= 0.3 is 5.97 Å². The van der Waals surface area contributed by atoms with Gasteiger partial charge in [-0.2, -0.15) is 9.61 Å². The average Bonchev–Trinajstić information content (AvgIpc) is 2.98. The van der Waals surface area contributed by atoms with E-state index in [0.717, 1.165) is 27.6 Å². The third-order valence-electron chi connectivity index (χ3n) is 4.41. The van der Waals surface area contributed by atoms with Crippen molar-refractivity contribution >= 4 is 28.2 Å². The molecule has 26 heavy (non-hydrogen) atoms. The number of nitrogen functional groups attached to an aromatic ring is 1. The van der Waals surface area contributed by atoms with Gasteiger partial charge in [0.25, 0.3) is 0 Å². The summed E-state index contributed by atoms with van der Waals surface area (Å²) in [7, 11) is 0. The smallest absolute Gasteiger partial charge is 0.343 e. The molecule has 0 aliphatic rings. The first-order valence-electron chi connectivity index (χ1n) is 8.41. The van der Waals surface area contributed by atoms with Crippen LogP contribution in [0.25, 0.3) is 27.5 Å². The first-order chi connectivity index (χ1) is 12.6. The van der Waals surface area contributed by atoms with E-state index in [4.69, 9.17) is 10.5 Å². The highest BCUT2D eigenvalue weighted by Gasteiger charge is 2.20. The van der Waals surface area contributed by atoms with Crippen molar-refractivity contribution in [2.45, 2.75) is 13.8 Å². The van der Waals surface area contributed by atoms with Crippen LogP contribution in [-0.2, 0) is 4.74 Å². The Morgan fingerprint density at radius 1 is 1.19 bits per heavy atom. The standard InChI is InChI=1S/C20H18N4O2/c1-3-26-20(25)16-11-22-19-17(12(2)23-24(19)18(16)21)15-10-6-8-13-7-4-5-9-14(13)15/h4-11H,3,21H2,1-2H3. The van der Waals surface area contributed by atoms with Crippen molar-refractivity contribution in [2.24, 2.45) is 0 Å². The predicted octanol–water partition coefficient (Wildman–Crippen LogP) is 3.62. The second-order valence-electron chi connectivity index (χ2n) is 6.00. The summed E-state index contributed by atoms with van der Waals surface area (Å²) in [6, 6.07) is 14.3. The summed E-state index contributed by atoms with van der Waals surface area (Å²) in [6.07, 6.45) is 1.46. The summed E-state index contributed by atoms with van der Waals surface area (Å²) >= 11 is 0. The number of benzene rings is 2. The van der Waals surface area contributed by atoms with Crippen LogP contribution < -0.4 is 5.73 Å². The molecular formula is C20H18N4O2. The molecular weight excluding hydrogens is 328 g/mol. The Morgan fingerprint density at radius 3 is 2.77 bits per heavy atom. The molecule has 2 N–H and O–H groups in total. The molecule has 2 heterocycles. The number of rotatable bonds is 3. The molecule has 0 bridgehead atoms. The molecule has 6 nitrogen and oxygen atoms in total. The van der Waals surface area contributed by atoms with Crippen molar-refractivity contribution in [3.8, 4) is 11.1 Å². The van der Waals surface area contributed by atoms with Crippen LogP contribution in [0.5, 0.6) is 0 Å². The van der Waals surface area contributed by atoms with E-state index in [0.29, 0.717) is 5.65 Å². The molecule has 0 fully saturated rings. The Hall–Kier alpha value is -3.41. The summed E-state index contributed by atoms with van der Waals surface area (Å²) in [5.41, 5.74) is 9.75. The highest BCUT2D eigenvalue weighted by molar-refractivity contribution is 6.01. The number of anilines is 1. The average molecular weight is 346 g/mol. The summed E-state index contributed by atoms with van der Waals surface area (Å²) in [5.74, 6) is -0.276. The minimum Gasteiger partial charge on any atom is -0.462 e. The molecule has 0 aliphatic heterocycles. The molecule has 0 saturated heterocycles. The third kappa shape index (κ3) is 2.38. The lowest BCUT2D eigenvalue weighted by Crippen LogP contribution is -2.12. The number of carbonyl (C=O) groups excluding carboxylic acids is 1. The van der Waals surface area contributed by atoms with Crippen LogP contribution in [0.4, 0.5) is 5.82 Å². The SMILES string of the molecule is CCOC(=O)c1cnc2c(-c3cccc4ccccc34)c(C)nn2c1N. The molecule has 0 atom stereocenters. The normalized spacial score (nSPS) is 11.2. The monoisotopic (exact) mass is 346 g/mol.